The van der Waals surface area contributed by atoms with Gasteiger partial charge in [0, 0.05) is 25.3 Å². The monoisotopic (exact) mass is 438 g/mol. The summed E-state index contributed by atoms with van der Waals surface area (Å²) in [6.07, 6.45) is 0. The summed E-state index contributed by atoms with van der Waals surface area (Å²) >= 11 is 11.5. The Labute approximate surface area is 164 Å². The van der Waals surface area contributed by atoms with Crippen molar-refractivity contribution in [3.05, 3.63) is 57.6 Å². The van der Waals surface area contributed by atoms with Crippen LogP contribution in [0.4, 0.5) is 14.5 Å². The first-order chi connectivity index (χ1) is 12.6. The second-order valence-electron chi connectivity index (χ2n) is 5.40. The molecule has 0 saturated heterocycles. The van der Waals surface area contributed by atoms with E-state index in [1.54, 1.807) is 0 Å². The molecular weight excluding hydrogens is 425 g/mol. The van der Waals surface area contributed by atoms with Gasteiger partial charge in [-0.15, -0.1) is 0 Å². The summed E-state index contributed by atoms with van der Waals surface area (Å²) in [4.78, 5) is 12.2. The van der Waals surface area contributed by atoms with Gasteiger partial charge >= 0.3 is 0 Å². The van der Waals surface area contributed by atoms with Crippen molar-refractivity contribution in [3.63, 3.8) is 0 Å². The molecule has 0 unspecified atom stereocenters. The van der Waals surface area contributed by atoms with Gasteiger partial charge in [-0.2, -0.15) is 4.31 Å². The molecule has 27 heavy (non-hydrogen) atoms. The molecule has 0 aliphatic carbocycles. The molecule has 0 heterocycles. The van der Waals surface area contributed by atoms with Crippen LogP contribution in [0.25, 0.3) is 0 Å². The van der Waals surface area contributed by atoms with Crippen LogP contribution in [-0.4, -0.2) is 43.9 Å². The molecule has 0 bridgehead atoms. The average Bonchev–Trinajstić information content (AvgIpc) is 2.59. The van der Waals surface area contributed by atoms with E-state index in [9.17, 15) is 22.0 Å². The number of rotatable bonds is 6. The zero-order valence-corrected chi connectivity index (χ0v) is 16.2. The first-order valence-corrected chi connectivity index (χ1v) is 9.60. The summed E-state index contributed by atoms with van der Waals surface area (Å²) in [6.45, 7) is -0.520. The summed E-state index contributed by atoms with van der Waals surface area (Å²) in [5.74, 6) is -3.36. The van der Waals surface area contributed by atoms with Crippen LogP contribution in [0.2, 0.25) is 10.0 Å². The van der Waals surface area contributed by atoms with E-state index in [0.717, 1.165) is 22.5 Å². The normalized spacial score (nSPS) is 11.7. The van der Waals surface area contributed by atoms with Gasteiger partial charge in [-0.05, 0) is 24.3 Å². The molecule has 2 aromatic carbocycles. The number of hydrogen-bond donors (Lipinski definition) is 2. The number of aliphatic hydroxyl groups is 1. The van der Waals surface area contributed by atoms with Gasteiger partial charge in [0.05, 0.1) is 27.1 Å². The molecule has 0 aliphatic heterocycles. The Bertz CT molecular complexity index is 963. The van der Waals surface area contributed by atoms with Crippen LogP contribution < -0.4 is 5.32 Å². The zero-order chi connectivity index (χ0) is 20.4. The minimum absolute atomic E-state index is 0.0510. The van der Waals surface area contributed by atoms with Crippen LogP contribution in [-0.2, 0) is 10.0 Å². The van der Waals surface area contributed by atoms with E-state index in [2.05, 4.69) is 5.32 Å². The van der Waals surface area contributed by atoms with Crippen LogP contribution >= 0.6 is 23.2 Å². The molecule has 1 amide bonds. The van der Waals surface area contributed by atoms with Gasteiger partial charge in [0.25, 0.3) is 5.91 Å². The number of aliphatic hydroxyl groups excluding tert-OH is 1. The Morgan fingerprint density at radius 3 is 2.44 bits per heavy atom. The van der Waals surface area contributed by atoms with Gasteiger partial charge in [0.2, 0.25) is 10.0 Å². The number of benzene rings is 2. The largest absolute Gasteiger partial charge is 0.395 e. The van der Waals surface area contributed by atoms with E-state index < -0.39 is 32.6 Å². The van der Waals surface area contributed by atoms with Gasteiger partial charge < -0.3 is 10.4 Å². The van der Waals surface area contributed by atoms with Gasteiger partial charge in [-0.25, -0.2) is 17.2 Å². The molecule has 0 atom stereocenters. The topological polar surface area (TPSA) is 86.7 Å². The molecule has 6 nitrogen and oxygen atoms in total. The van der Waals surface area contributed by atoms with Gasteiger partial charge in [-0.1, -0.05) is 23.2 Å². The second-order valence-corrected chi connectivity index (χ2v) is 8.26. The standard InChI is InChI=1S/C16H14Cl2F2N2O4S/c1-22(4-5-23)27(25,26)10-2-3-12(17)11(8-10)16(24)21-9-6-13(18)15(20)14(19)7-9/h2-3,6-8,23H,4-5H2,1H3,(H,21,24). The molecule has 146 valence electrons. The zero-order valence-electron chi connectivity index (χ0n) is 13.8. The van der Waals surface area contributed by atoms with E-state index in [-0.39, 0.29) is 34.3 Å². The molecule has 0 fully saturated rings. The predicted molar refractivity (Wildman–Crippen MR) is 97.7 cm³/mol. The molecule has 2 aromatic rings. The van der Waals surface area contributed by atoms with Gasteiger partial charge in [0.1, 0.15) is 0 Å². The van der Waals surface area contributed by atoms with Crippen molar-refractivity contribution < 1.29 is 27.1 Å². The van der Waals surface area contributed by atoms with Crippen LogP contribution in [0.15, 0.2) is 35.2 Å². The molecule has 0 saturated carbocycles. The number of anilines is 1. The molecule has 11 heteroatoms. The number of halogens is 4. The maximum absolute atomic E-state index is 13.4. The predicted octanol–water partition coefficient (Wildman–Crippen LogP) is 3.14. The molecular formula is C16H14Cl2F2N2O4S. The summed E-state index contributed by atoms with van der Waals surface area (Å²) in [7, 11) is -2.69. The number of nitrogens with one attached hydrogen (secondary N) is 1. The highest BCUT2D eigenvalue weighted by molar-refractivity contribution is 7.89. The number of carbonyl (C=O) groups excluding carboxylic acids is 1. The number of likely N-dealkylation sites (N-methyl/N-ethyl adjacent to an activating group) is 1. The third kappa shape index (κ3) is 4.74. The van der Waals surface area contributed by atoms with Crippen molar-refractivity contribution >= 4 is 44.8 Å². The summed E-state index contributed by atoms with van der Waals surface area (Å²) < 4.78 is 52.4. The minimum atomic E-state index is -3.96. The highest BCUT2D eigenvalue weighted by Crippen LogP contribution is 2.26. The van der Waals surface area contributed by atoms with E-state index in [1.807, 2.05) is 0 Å². The van der Waals surface area contributed by atoms with E-state index >= 15 is 0 Å². The number of hydrogen-bond acceptors (Lipinski definition) is 4. The van der Waals surface area contributed by atoms with Crippen molar-refractivity contribution in [2.24, 2.45) is 0 Å². The summed E-state index contributed by atoms with van der Waals surface area (Å²) in [5, 5.41) is 10.6. The van der Waals surface area contributed by atoms with Crippen LogP contribution in [0.1, 0.15) is 10.4 Å². The SMILES string of the molecule is CN(CCO)S(=O)(=O)c1ccc(Cl)c(C(=O)Nc2cc(F)c(F)c(Cl)c2)c1. The molecule has 0 aliphatic rings. The minimum Gasteiger partial charge on any atom is -0.395 e. The van der Waals surface area contributed by atoms with E-state index in [1.165, 1.54) is 19.2 Å². The quantitative estimate of drug-likeness (QED) is 0.678. The smallest absolute Gasteiger partial charge is 0.257 e. The number of sulfonamides is 1. The average molecular weight is 439 g/mol. The fourth-order valence-corrected chi connectivity index (χ4v) is 3.71. The van der Waals surface area contributed by atoms with Crippen LogP contribution in [0, 0.1) is 11.6 Å². The Kier molecular flexibility index (Phi) is 6.77. The first kappa shape index (κ1) is 21.5. The van der Waals surface area contributed by atoms with Gasteiger partial charge in [0.15, 0.2) is 11.6 Å². The maximum Gasteiger partial charge on any atom is 0.257 e. The van der Waals surface area contributed by atoms with Crippen molar-refractivity contribution in [1.29, 1.82) is 0 Å². The number of amides is 1. The van der Waals surface area contributed by atoms with Crippen LogP contribution in [0.5, 0.6) is 0 Å². The first-order valence-electron chi connectivity index (χ1n) is 7.40. The van der Waals surface area contributed by atoms with Crippen molar-refractivity contribution in [3.8, 4) is 0 Å². The highest BCUT2D eigenvalue weighted by atomic mass is 35.5. The lowest BCUT2D eigenvalue weighted by Gasteiger charge is -2.17. The fourth-order valence-electron chi connectivity index (χ4n) is 2.11. The third-order valence-corrected chi connectivity index (χ3v) is 6.00. The molecule has 2 N–H and O–H groups in total. The van der Waals surface area contributed by atoms with Crippen LogP contribution in [0.3, 0.4) is 0 Å². The van der Waals surface area contributed by atoms with E-state index in [0.29, 0.717) is 0 Å². The summed E-state index contributed by atoms with van der Waals surface area (Å²) in [6, 6.07) is 5.19. The van der Waals surface area contributed by atoms with Crippen molar-refractivity contribution in [1.82, 2.24) is 4.31 Å². The second kappa shape index (κ2) is 8.49. The van der Waals surface area contributed by atoms with Crippen molar-refractivity contribution in [2.45, 2.75) is 4.90 Å². The number of carbonyl (C=O) groups is 1. The maximum atomic E-state index is 13.4. The molecule has 2 rings (SSSR count). The Morgan fingerprint density at radius 2 is 1.85 bits per heavy atom. The van der Waals surface area contributed by atoms with Gasteiger partial charge in [-0.3, -0.25) is 4.79 Å². The third-order valence-electron chi connectivity index (χ3n) is 3.55. The van der Waals surface area contributed by atoms with E-state index in [4.69, 9.17) is 28.3 Å². The Hall–Kier alpha value is -1.78. The Morgan fingerprint density at radius 1 is 1.19 bits per heavy atom. The molecule has 0 spiro atoms. The lowest BCUT2D eigenvalue weighted by atomic mass is 10.2. The highest BCUT2D eigenvalue weighted by Gasteiger charge is 2.23. The Balaban J connectivity index is 2.37. The fraction of sp³-hybridized carbons (Fsp3) is 0.188. The molecule has 0 aromatic heterocycles. The number of nitrogens with zero attached hydrogens (tertiary/aromatic N) is 1. The lowest BCUT2D eigenvalue weighted by molar-refractivity contribution is 0.102. The van der Waals surface area contributed by atoms with Crippen molar-refractivity contribution in [2.75, 3.05) is 25.5 Å². The molecule has 0 radical (unpaired) electrons. The summed E-state index contributed by atoms with van der Waals surface area (Å²) in [5.41, 5.74) is -0.332. The lowest BCUT2D eigenvalue weighted by Crippen LogP contribution is -2.29.